The van der Waals surface area contributed by atoms with Crippen molar-refractivity contribution in [2.24, 2.45) is 5.92 Å². The predicted octanol–water partition coefficient (Wildman–Crippen LogP) is 3.15. The zero-order chi connectivity index (χ0) is 13.0. The molecule has 1 atom stereocenters. The summed E-state index contributed by atoms with van der Waals surface area (Å²) in [6, 6.07) is 4.05. The lowest BCUT2D eigenvalue weighted by atomic mass is 10.2. The second-order valence-corrected chi connectivity index (χ2v) is 5.25. The van der Waals surface area contributed by atoms with E-state index in [0.29, 0.717) is 6.42 Å². The number of nitrogens with zero attached hydrogens (tertiary/aromatic N) is 2. The molecule has 18 heavy (non-hydrogen) atoms. The van der Waals surface area contributed by atoms with Gasteiger partial charge in [0, 0.05) is 13.1 Å². The molecule has 0 aromatic carbocycles. The molecular formula is C15H24N2O. The van der Waals surface area contributed by atoms with Crippen molar-refractivity contribution in [2.45, 2.75) is 45.6 Å². The van der Waals surface area contributed by atoms with Crippen molar-refractivity contribution in [3.05, 3.63) is 24.0 Å². The van der Waals surface area contributed by atoms with Crippen LogP contribution in [0.1, 0.15) is 51.3 Å². The summed E-state index contributed by atoms with van der Waals surface area (Å²) in [5.74, 6) is 0.887. The molecule has 3 heteroatoms. The average molecular weight is 248 g/mol. The molecule has 0 bridgehead atoms. The van der Waals surface area contributed by atoms with Gasteiger partial charge in [-0.05, 0) is 43.7 Å². The van der Waals surface area contributed by atoms with Gasteiger partial charge in [-0.25, -0.2) is 0 Å². The lowest BCUT2D eigenvalue weighted by Crippen LogP contribution is -2.26. The second kappa shape index (κ2) is 6.19. The summed E-state index contributed by atoms with van der Waals surface area (Å²) in [6.45, 7) is 6.43. The highest BCUT2D eigenvalue weighted by molar-refractivity contribution is 5.45. The summed E-state index contributed by atoms with van der Waals surface area (Å²) < 4.78 is 0. The summed E-state index contributed by atoms with van der Waals surface area (Å²) in [5, 5.41) is 9.74. The van der Waals surface area contributed by atoms with E-state index in [-0.39, 0.29) is 0 Å². The third kappa shape index (κ3) is 3.45. The van der Waals surface area contributed by atoms with E-state index in [1.165, 1.54) is 18.5 Å². The van der Waals surface area contributed by atoms with Crippen molar-refractivity contribution in [1.29, 1.82) is 0 Å². The number of aliphatic hydroxyl groups is 1. The van der Waals surface area contributed by atoms with Gasteiger partial charge in [0.15, 0.2) is 0 Å². The summed E-state index contributed by atoms with van der Waals surface area (Å²) >= 11 is 0. The molecule has 1 heterocycles. The van der Waals surface area contributed by atoms with E-state index in [1.54, 1.807) is 0 Å². The Kier molecular flexibility index (Phi) is 4.59. The van der Waals surface area contributed by atoms with Crippen molar-refractivity contribution in [3.63, 3.8) is 0 Å². The maximum absolute atomic E-state index is 9.74. The number of hydrogen-bond acceptors (Lipinski definition) is 3. The molecule has 0 spiro atoms. The highest BCUT2D eigenvalue weighted by Crippen LogP contribution is 2.31. The van der Waals surface area contributed by atoms with Crippen molar-refractivity contribution >= 4 is 5.69 Å². The quantitative estimate of drug-likeness (QED) is 0.805. The minimum Gasteiger partial charge on any atom is -0.387 e. The van der Waals surface area contributed by atoms with Crippen LogP contribution in [0.2, 0.25) is 0 Å². The number of pyridine rings is 1. The summed E-state index contributed by atoms with van der Waals surface area (Å²) in [6.07, 6.45) is 6.11. The van der Waals surface area contributed by atoms with Gasteiger partial charge in [0.2, 0.25) is 0 Å². The fourth-order valence-electron chi connectivity index (χ4n) is 2.20. The molecule has 1 N–H and O–H groups in total. The monoisotopic (exact) mass is 248 g/mol. The van der Waals surface area contributed by atoms with E-state index in [0.717, 1.165) is 31.1 Å². The predicted molar refractivity (Wildman–Crippen MR) is 74.7 cm³/mol. The van der Waals surface area contributed by atoms with Crippen LogP contribution < -0.4 is 4.90 Å². The van der Waals surface area contributed by atoms with Gasteiger partial charge in [0.05, 0.1) is 23.7 Å². The molecule has 0 radical (unpaired) electrons. The van der Waals surface area contributed by atoms with E-state index in [2.05, 4.69) is 22.9 Å². The van der Waals surface area contributed by atoms with E-state index >= 15 is 0 Å². The van der Waals surface area contributed by atoms with E-state index in [1.807, 2.05) is 19.2 Å². The Morgan fingerprint density at radius 3 is 2.67 bits per heavy atom. The Hall–Kier alpha value is -1.09. The number of hydrogen-bond donors (Lipinski definition) is 1. The topological polar surface area (TPSA) is 36.4 Å². The van der Waals surface area contributed by atoms with Gasteiger partial charge >= 0.3 is 0 Å². The van der Waals surface area contributed by atoms with Crippen LogP contribution >= 0.6 is 0 Å². The molecule has 0 amide bonds. The van der Waals surface area contributed by atoms with E-state index in [4.69, 9.17) is 0 Å². The number of rotatable bonds is 7. The van der Waals surface area contributed by atoms with Gasteiger partial charge in [0.25, 0.3) is 0 Å². The Labute approximate surface area is 110 Å². The molecule has 1 fully saturated rings. The Bertz CT molecular complexity index is 359. The van der Waals surface area contributed by atoms with Crippen LogP contribution in [0.25, 0.3) is 0 Å². The van der Waals surface area contributed by atoms with Crippen molar-refractivity contribution in [3.8, 4) is 0 Å². The molecule has 0 saturated heterocycles. The molecule has 1 aromatic rings. The summed E-state index contributed by atoms with van der Waals surface area (Å²) in [5.41, 5.74) is 1.97. The molecule has 1 aliphatic carbocycles. The first-order valence-electron chi connectivity index (χ1n) is 7.13. The zero-order valence-corrected chi connectivity index (χ0v) is 11.5. The minimum atomic E-state index is -0.429. The maximum atomic E-state index is 9.74. The molecule has 1 saturated carbocycles. The second-order valence-electron chi connectivity index (χ2n) is 5.25. The first-order valence-corrected chi connectivity index (χ1v) is 7.13. The molecule has 1 unspecified atom stereocenters. The standard InChI is InChI=1S/C15H24N2O/c1-3-9-17(11-12-5-6-12)13-7-8-14(16-10-13)15(18)4-2/h7-8,10,12,15,18H,3-6,9,11H2,1-2H3. The van der Waals surface area contributed by atoms with Crippen LogP contribution in [0, 0.1) is 5.92 Å². The first-order chi connectivity index (χ1) is 8.74. The van der Waals surface area contributed by atoms with Crippen LogP contribution in [0.4, 0.5) is 5.69 Å². The van der Waals surface area contributed by atoms with Crippen molar-refractivity contribution in [2.75, 3.05) is 18.0 Å². The number of aliphatic hydroxyl groups excluding tert-OH is 1. The maximum Gasteiger partial charge on any atom is 0.0957 e. The fourth-order valence-corrected chi connectivity index (χ4v) is 2.20. The SMILES string of the molecule is CCCN(CC1CC1)c1ccc(C(O)CC)nc1. The van der Waals surface area contributed by atoms with Gasteiger partial charge in [-0.3, -0.25) is 4.98 Å². The molecule has 100 valence electrons. The van der Waals surface area contributed by atoms with Crippen LogP contribution in [-0.2, 0) is 0 Å². The minimum absolute atomic E-state index is 0.429. The van der Waals surface area contributed by atoms with Gasteiger partial charge in [-0.15, -0.1) is 0 Å². The Morgan fingerprint density at radius 2 is 2.17 bits per heavy atom. The summed E-state index contributed by atoms with van der Waals surface area (Å²) in [7, 11) is 0. The van der Waals surface area contributed by atoms with Gasteiger partial charge in [-0.2, -0.15) is 0 Å². The first kappa shape index (κ1) is 13.3. The molecule has 2 rings (SSSR count). The average Bonchev–Trinajstić information content (AvgIpc) is 3.21. The van der Waals surface area contributed by atoms with Gasteiger partial charge in [0.1, 0.15) is 0 Å². The largest absolute Gasteiger partial charge is 0.387 e. The third-order valence-electron chi connectivity index (χ3n) is 3.53. The van der Waals surface area contributed by atoms with Crippen molar-refractivity contribution < 1.29 is 5.11 Å². The van der Waals surface area contributed by atoms with Crippen LogP contribution in [0.3, 0.4) is 0 Å². The number of aromatic nitrogens is 1. The third-order valence-corrected chi connectivity index (χ3v) is 3.53. The molecular weight excluding hydrogens is 224 g/mol. The smallest absolute Gasteiger partial charge is 0.0957 e. The van der Waals surface area contributed by atoms with Crippen molar-refractivity contribution in [1.82, 2.24) is 4.98 Å². The number of anilines is 1. The van der Waals surface area contributed by atoms with Gasteiger partial charge < -0.3 is 10.0 Å². The normalized spacial score (nSPS) is 16.6. The molecule has 3 nitrogen and oxygen atoms in total. The van der Waals surface area contributed by atoms with E-state index < -0.39 is 6.10 Å². The van der Waals surface area contributed by atoms with Crippen LogP contribution in [0.15, 0.2) is 18.3 Å². The highest BCUT2D eigenvalue weighted by atomic mass is 16.3. The summed E-state index contributed by atoms with van der Waals surface area (Å²) in [4.78, 5) is 6.81. The lowest BCUT2D eigenvalue weighted by Gasteiger charge is -2.24. The highest BCUT2D eigenvalue weighted by Gasteiger charge is 2.24. The zero-order valence-electron chi connectivity index (χ0n) is 11.5. The van der Waals surface area contributed by atoms with E-state index in [9.17, 15) is 5.11 Å². The van der Waals surface area contributed by atoms with Gasteiger partial charge in [-0.1, -0.05) is 13.8 Å². The lowest BCUT2D eigenvalue weighted by molar-refractivity contribution is 0.169. The Balaban J connectivity index is 2.04. The molecule has 1 aliphatic rings. The Morgan fingerprint density at radius 1 is 1.39 bits per heavy atom. The molecule has 1 aromatic heterocycles. The molecule has 0 aliphatic heterocycles. The van der Waals surface area contributed by atoms with Crippen LogP contribution in [0.5, 0.6) is 0 Å². The fraction of sp³-hybridized carbons (Fsp3) is 0.667. The van der Waals surface area contributed by atoms with Crippen LogP contribution in [-0.4, -0.2) is 23.2 Å².